The number of amides is 1. The van der Waals surface area contributed by atoms with Crippen LogP contribution in [0.25, 0.3) is 21.7 Å². The number of pyridine rings is 1. The largest absolute Gasteiger partial charge is 0.337 e. The quantitative estimate of drug-likeness (QED) is 0.548. The summed E-state index contributed by atoms with van der Waals surface area (Å²) in [7, 11) is 1.83. The van der Waals surface area contributed by atoms with E-state index in [1.165, 1.54) is 10.8 Å². The fourth-order valence-electron chi connectivity index (χ4n) is 3.17. The molecule has 0 saturated heterocycles. The molecule has 3 aromatic carbocycles. The maximum absolute atomic E-state index is 12.9. The van der Waals surface area contributed by atoms with Crippen LogP contribution in [0.4, 0.5) is 0 Å². The first kappa shape index (κ1) is 15.3. The van der Waals surface area contributed by atoms with Gasteiger partial charge in [-0.15, -0.1) is 0 Å². The van der Waals surface area contributed by atoms with E-state index < -0.39 is 0 Å². The van der Waals surface area contributed by atoms with Crippen LogP contribution in [-0.4, -0.2) is 22.8 Å². The van der Waals surface area contributed by atoms with E-state index in [2.05, 4.69) is 35.3 Å². The van der Waals surface area contributed by atoms with Gasteiger partial charge in [0.25, 0.3) is 5.91 Å². The van der Waals surface area contributed by atoms with E-state index in [1.807, 2.05) is 49.5 Å². The maximum Gasteiger partial charge on any atom is 0.256 e. The molecule has 4 aromatic rings. The lowest BCUT2D eigenvalue weighted by Gasteiger charge is -2.18. The Bertz CT molecular complexity index is 1070. The van der Waals surface area contributed by atoms with Crippen LogP contribution in [0, 0.1) is 0 Å². The number of nitrogens with zero attached hydrogens (tertiary/aromatic N) is 2. The molecule has 0 bridgehead atoms. The van der Waals surface area contributed by atoms with Gasteiger partial charge in [-0.2, -0.15) is 0 Å². The molecule has 0 unspecified atom stereocenters. The summed E-state index contributed by atoms with van der Waals surface area (Å²) < 4.78 is 0. The molecule has 3 heteroatoms. The first-order valence-corrected chi connectivity index (χ1v) is 8.29. The molecular formula is C22H18N2O. The van der Waals surface area contributed by atoms with Gasteiger partial charge in [0.05, 0.1) is 11.1 Å². The van der Waals surface area contributed by atoms with Gasteiger partial charge in [0.1, 0.15) is 0 Å². The van der Waals surface area contributed by atoms with Gasteiger partial charge in [0, 0.05) is 25.2 Å². The number of rotatable bonds is 3. The van der Waals surface area contributed by atoms with Crippen LogP contribution in [0.5, 0.6) is 0 Å². The highest BCUT2D eigenvalue weighted by atomic mass is 16.2. The normalized spacial score (nSPS) is 10.9. The molecule has 1 amide bonds. The molecule has 25 heavy (non-hydrogen) atoms. The summed E-state index contributed by atoms with van der Waals surface area (Å²) in [4.78, 5) is 19.0. The van der Waals surface area contributed by atoms with Gasteiger partial charge in [0.2, 0.25) is 0 Å². The Hall–Kier alpha value is -3.20. The molecule has 3 nitrogen and oxygen atoms in total. The predicted octanol–water partition coefficient (Wildman–Crippen LogP) is 4.66. The molecule has 4 rings (SSSR count). The topological polar surface area (TPSA) is 33.2 Å². The second-order valence-corrected chi connectivity index (χ2v) is 6.22. The van der Waals surface area contributed by atoms with Gasteiger partial charge >= 0.3 is 0 Å². The summed E-state index contributed by atoms with van der Waals surface area (Å²) in [6, 6.07) is 24.1. The third-order valence-corrected chi connectivity index (χ3v) is 4.44. The van der Waals surface area contributed by atoms with Gasteiger partial charge in [-0.3, -0.25) is 9.78 Å². The molecule has 122 valence electrons. The number of carbonyl (C=O) groups excluding carboxylic acids is 1. The Morgan fingerprint density at radius 1 is 0.880 bits per heavy atom. The number of hydrogen-bond acceptors (Lipinski definition) is 2. The summed E-state index contributed by atoms with van der Waals surface area (Å²) in [5.41, 5.74) is 2.50. The van der Waals surface area contributed by atoms with Crippen molar-refractivity contribution in [3.05, 3.63) is 90.1 Å². The third-order valence-electron chi connectivity index (χ3n) is 4.44. The zero-order chi connectivity index (χ0) is 17.2. The van der Waals surface area contributed by atoms with Crippen LogP contribution in [0.3, 0.4) is 0 Å². The van der Waals surface area contributed by atoms with E-state index in [4.69, 9.17) is 0 Å². The van der Waals surface area contributed by atoms with Crippen molar-refractivity contribution in [2.75, 3.05) is 7.05 Å². The minimum atomic E-state index is -0.0162. The number of aromatic nitrogens is 1. The highest BCUT2D eigenvalue weighted by Gasteiger charge is 2.15. The molecule has 0 fully saturated rings. The van der Waals surface area contributed by atoms with E-state index in [-0.39, 0.29) is 5.91 Å². The highest BCUT2D eigenvalue weighted by molar-refractivity contribution is 6.05. The van der Waals surface area contributed by atoms with E-state index >= 15 is 0 Å². The summed E-state index contributed by atoms with van der Waals surface area (Å²) in [6.07, 6.45) is 1.72. The van der Waals surface area contributed by atoms with Crippen molar-refractivity contribution in [3.63, 3.8) is 0 Å². The molecule has 0 aliphatic carbocycles. The Balaban J connectivity index is 1.63. The van der Waals surface area contributed by atoms with Crippen LogP contribution in [0.2, 0.25) is 0 Å². The van der Waals surface area contributed by atoms with E-state index in [0.717, 1.165) is 16.5 Å². The fraction of sp³-hybridized carbons (Fsp3) is 0.0909. The highest BCUT2D eigenvalue weighted by Crippen LogP contribution is 2.20. The summed E-state index contributed by atoms with van der Waals surface area (Å²) in [5.74, 6) is -0.0162. The van der Waals surface area contributed by atoms with Crippen molar-refractivity contribution in [2.45, 2.75) is 6.54 Å². The second kappa shape index (κ2) is 6.36. The molecule has 0 atom stereocenters. The average molecular weight is 326 g/mol. The van der Waals surface area contributed by atoms with Gasteiger partial charge in [-0.05, 0) is 34.5 Å². The molecule has 1 heterocycles. The van der Waals surface area contributed by atoms with Crippen LogP contribution in [0.1, 0.15) is 15.9 Å². The van der Waals surface area contributed by atoms with Crippen molar-refractivity contribution in [1.29, 1.82) is 0 Å². The third kappa shape index (κ3) is 2.96. The van der Waals surface area contributed by atoms with Crippen LogP contribution >= 0.6 is 0 Å². The monoisotopic (exact) mass is 326 g/mol. The summed E-state index contributed by atoms with van der Waals surface area (Å²) in [5, 5.41) is 3.37. The van der Waals surface area contributed by atoms with E-state index in [9.17, 15) is 4.79 Å². The molecule has 0 spiro atoms. The molecule has 0 aliphatic heterocycles. The molecule has 1 aromatic heterocycles. The molecule has 0 saturated carbocycles. The Kier molecular flexibility index (Phi) is 3.90. The van der Waals surface area contributed by atoms with Gasteiger partial charge in [-0.25, -0.2) is 0 Å². The Morgan fingerprint density at radius 2 is 1.64 bits per heavy atom. The smallest absolute Gasteiger partial charge is 0.256 e. The maximum atomic E-state index is 12.9. The lowest BCUT2D eigenvalue weighted by molar-refractivity contribution is 0.0787. The van der Waals surface area contributed by atoms with Crippen LogP contribution in [-0.2, 0) is 6.54 Å². The summed E-state index contributed by atoms with van der Waals surface area (Å²) in [6.45, 7) is 0.562. The van der Waals surface area contributed by atoms with Crippen LogP contribution < -0.4 is 0 Å². The van der Waals surface area contributed by atoms with Crippen molar-refractivity contribution in [1.82, 2.24) is 9.88 Å². The van der Waals surface area contributed by atoms with E-state index in [1.54, 1.807) is 11.1 Å². The lowest BCUT2D eigenvalue weighted by Crippen LogP contribution is -2.26. The Labute approximate surface area is 146 Å². The van der Waals surface area contributed by atoms with Gasteiger partial charge in [-0.1, -0.05) is 54.6 Å². The van der Waals surface area contributed by atoms with E-state index in [0.29, 0.717) is 12.1 Å². The summed E-state index contributed by atoms with van der Waals surface area (Å²) >= 11 is 0. The number of carbonyl (C=O) groups is 1. The number of para-hydroxylation sites is 1. The molecular weight excluding hydrogens is 308 g/mol. The minimum Gasteiger partial charge on any atom is -0.337 e. The molecule has 0 radical (unpaired) electrons. The Morgan fingerprint density at radius 3 is 2.52 bits per heavy atom. The van der Waals surface area contributed by atoms with Gasteiger partial charge < -0.3 is 4.90 Å². The van der Waals surface area contributed by atoms with Crippen molar-refractivity contribution >= 4 is 27.6 Å². The minimum absolute atomic E-state index is 0.0162. The second-order valence-electron chi connectivity index (χ2n) is 6.22. The van der Waals surface area contributed by atoms with Crippen molar-refractivity contribution in [3.8, 4) is 0 Å². The van der Waals surface area contributed by atoms with Crippen LogP contribution in [0.15, 0.2) is 79.0 Å². The molecule has 0 aliphatic rings. The zero-order valence-electron chi connectivity index (χ0n) is 14.0. The van der Waals surface area contributed by atoms with Crippen molar-refractivity contribution in [2.24, 2.45) is 0 Å². The van der Waals surface area contributed by atoms with Crippen molar-refractivity contribution < 1.29 is 4.79 Å². The SMILES string of the molecule is CN(Cc1ccc2ccccc2c1)C(=O)c1cccc2cccnc12. The average Bonchev–Trinajstić information content (AvgIpc) is 2.67. The number of fused-ring (bicyclic) bond motifs is 2. The lowest BCUT2D eigenvalue weighted by atomic mass is 10.1. The first-order chi connectivity index (χ1) is 12.2. The number of benzene rings is 3. The first-order valence-electron chi connectivity index (χ1n) is 8.29. The zero-order valence-corrected chi connectivity index (χ0v) is 14.0. The molecule has 0 N–H and O–H groups in total. The predicted molar refractivity (Wildman–Crippen MR) is 101 cm³/mol. The number of hydrogen-bond donors (Lipinski definition) is 0. The van der Waals surface area contributed by atoms with Gasteiger partial charge in [0.15, 0.2) is 0 Å². The fourth-order valence-corrected chi connectivity index (χ4v) is 3.17. The standard InChI is InChI=1S/C22H18N2O/c1-24(15-16-11-12-17-6-2-3-7-19(17)14-16)22(25)20-10-4-8-18-9-5-13-23-21(18)20/h2-14H,15H2,1H3.